The molecule has 2 rings (SSSR count). The van der Waals surface area contributed by atoms with E-state index in [2.05, 4.69) is 58.6 Å². The molecule has 0 aliphatic heterocycles. The van der Waals surface area contributed by atoms with Crippen molar-refractivity contribution in [2.75, 3.05) is 27.2 Å². The topological polar surface area (TPSA) is 52.8 Å². The standard InChI is InChI=1S/C19H28N4O.HI/c1-5-20-19(21-13-16-10-8-15(2)9-11-16)22-14-17(23(3)4)18-7-6-12-24-18;/h6-12,17H,5,13-14H2,1-4H3,(H2,20,21,22);1H. The van der Waals surface area contributed by atoms with E-state index in [1.165, 1.54) is 11.1 Å². The highest BCUT2D eigenvalue weighted by Gasteiger charge is 2.17. The van der Waals surface area contributed by atoms with Gasteiger partial charge in [0.15, 0.2) is 5.96 Å². The number of nitrogens with one attached hydrogen (secondary N) is 2. The molecule has 1 aromatic heterocycles. The molecule has 5 nitrogen and oxygen atoms in total. The van der Waals surface area contributed by atoms with E-state index in [1.807, 2.05) is 26.2 Å². The summed E-state index contributed by atoms with van der Waals surface area (Å²) in [4.78, 5) is 6.81. The van der Waals surface area contributed by atoms with E-state index in [0.29, 0.717) is 6.54 Å². The van der Waals surface area contributed by atoms with Crippen LogP contribution in [-0.4, -0.2) is 38.0 Å². The number of aryl methyl sites for hydroxylation is 1. The molecule has 0 saturated heterocycles. The van der Waals surface area contributed by atoms with Crippen molar-refractivity contribution in [2.45, 2.75) is 26.4 Å². The minimum atomic E-state index is 0. The molecule has 0 radical (unpaired) electrons. The number of guanidine groups is 1. The second-order valence-electron chi connectivity index (χ2n) is 6.06. The highest BCUT2D eigenvalue weighted by atomic mass is 127. The highest BCUT2D eigenvalue weighted by molar-refractivity contribution is 14.0. The molecular weight excluding hydrogens is 427 g/mol. The predicted octanol–water partition coefficient (Wildman–Crippen LogP) is 3.56. The Hall–Kier alpha value is -1.54. The third-order valence-electron chi connectivity index (χ3n) is 3.84. The van der Waals surface area contributed by atoms with Gasteiger partial charge in [0.05, 0.1) is 18.8 Å². The Kier molecular flexibility index (Phi) is 9.59. The van der Waals surface area contributed by atoms with Crippen molar-refractivity contribution in [3.8, 4) is 0 Å². The van der Waals surface area contributed by atoms with E-state index in [1.54, 1.807) is 6.26 Å². The number of halogens is 1. The van der Waals surface area contributed by atoms with E-state index in [9.17, 15) is 0 Å². The lowest BCUT2D eigenvalue weighted by Crippen LogP contribution is -2.41. The van der Waals surface area contributed by atoms with Gasteiger partial charge in [-0.2, -0.15) is 0 Å². The Morgan fingerprint density at radius 3 is 2.44 bits per heavy atom. The van der Waals surface area contributed by atoms with Gasteiger partial charge in [0.25, 0.3) is 0 Å². The fourth-order valence-electron chi connectivity index (χ4n) is 2.42. The van der Waals surface area contributed by atoms with Crippen LogP contribution in [0.2, 0.25) is 0 Å². The summed E-state index contributed by atoms with van der Waals surface area (Å²) in [5, 5.41) is 6.70. The van der Waals surface area contributed by atoms with Crippen LogP contribution in [0.25, 0.3) is 0 Å². The van der Waals surface area contributed by atoms with Gasteiger partial charge in [-0.25, -0.2) is 4.99 Å². The van der Waals surface area contributed by atoms with E-state index >= 15 is 0 Å². The number of hydrogen-bond acceptors (Lipinski definition) is 3. The van der Waals surface area contributed by atoms with Crippen molar-refractivity contribution in [3.05, 3.63) is 59.5 Å². The summed E-state index contributed by atoms with van der Waals surface area (Å²) < 4.78 is 5.55. The van der Waals surface area contributed by atoms with Gasteiger partial charge in [-0.3, -0.25) is 4.90 Å². The number of nitrogens with zero attached hydrogens (tertiary/aromatic N) is 2. The Morgan fingerprint density at radius 2 is 1.88 bits per heavy atom. The average molecular weight is 456 g/mol. The maximum atomic E-state index is 5.55. The fraction of sp³-hybridized carbons (Fsp3) is 0.421. The molecule has 1 unspecified atom stereocenters. The van der Waals surface area contributed by atoms with Crippen LogP contribution in [0, 0.1) is 6.92 Å². The molecule has 1 atom stereocenters. The van der Waals surface area contributed by atoms with Crippen LogP contribution < -0.4 is 10.6 Å². The first kappa shape index (κ1) is 21.5. The van der Waals surface area contributed by atoms with Crippen molar-refractivity contribution in [1.82, 2.24) is 15.5 Å². The lowest BCUT2D eigenvalue weighted by Gasteiger charge is -2.23. The second-order valence-corrected chi connectivity index (χ2v) is 6.06. The van der Waals surface area contributed by atoms with Crippen molar-refractivity contribution in [2.24, 2.45) is 4.99 Å². The molecule has 2 aromatic rings. The lowest BCUT2D eigenvalue weighted by molar-refractivity contribution is 0.258. The molecule has 138 valence electrons. The Balaban J connectivity index is 0.00000312. The smallest absolute Gasteiger partial charge is 0.191 e. The van der Waals surface area contributed by atoms with Crippen LogP contribution in [0.15, 0.2) is 52.1 Å². The highest BCUT2D eigenvalue weighted by Crippen LogP contribution is 2.17. The summed E-state index contributed by atoms with van der Waals surface area (Å²) in [6.07, 6.45) is 1.71. The maximum absolute atomic E-state index is 5.55. The zero-order chi connectivity index (χ0) is 17.4. The zero-order valence-electron chi connectivity index (χ0n) is 15.5. The fourth-order valence-corrected chi connectivity index (χ4v) is 2.42. The number of likely N-dealkylation sites (N-methyl/N-ethyl adjacent to an activating group) is 1. The minimum absolute atomic E-state index is 0. The summed E-state index contributed by atoms with van der Waals surface area (Å²) >= 11 is 0. The van der Waals surface area contributed by atoms with Gasteiger partial charge in [-0.15, -0.1) is 24.0 Å². The van der Waals surface area contributed by atoms with Gasteiger partial charge in [0, 0.05) is 13.1 Å². The van der Waals surface area contributed by atoms with E-state index in [-0.39, 0.29) is 30.0 Å². The summed E-state index contributed by atoms with van der Waals surface area (Å²) in [5.41, 5.74) is 2.47. The second kappa shape index (κ2) is 11.1. The quantitative estimate of drug-likeness (QED) is 0.380. The average Bonchev–Trinajstić information content (AvgIpc) is 3.08. The number of aliphatic imine (C=N–C) groups is 1. The normalized spacial score (nSPS) is 12.6. The summed E-state index contributed by atoms with van der Waals surface area (Å²) in [6.45, 7) is 6.37. The molecule has 25 heavy (non-hydrogen) atoms. The number of hydrogen-bond donors (Lipinski definition) is 2. The summed E-state index contributed by atoms with van der Waals surface area (Å²) in [7, 11) is 4.09. The Bertz CT molecular complexity index is 623. The molecule has 1 heterocycles. The Morgan fingerprint density at radius 1 is 1.16 bits per heavy atom. The van der Waals surface area contributed by atoms with Gasteiger partial charge in [0.1, 0.15) is 5.76 Å². The number of benzene rings is 1. The van der Waals surface area contributed by atoms with Gasteiger partial charge < -0.3 is 15.1 Å². The van der Waals surface area contributed by atoms with E-state index in [4.69, 9.17) is 4.42 Å². The first-order chi connectivity index (χ1) is 11.6. The van der Waals surface area contributed by atoms with Crippen LogP contribution >= 0.6 is 24.0 Å². The van der Waals surface area contributed by atoms with Gasteiger partial charge in [0.2, 0.25) is 0 Å². The number of rotatable bonds is 7. The molecule has 0 aliphatic rings. The SMILES string of the molecule is CCNC(=NCc1ccc(C)cc1)NCC(c1ccco1)N(C)C.I. The Labute approximate surface area is 167 Å². The van der Waals surface area contributed by atoms with Gasteiger partial charge in [-0.1, -0.05) is 29.8 Å². The third kappa shape index (κ3) is 7.07. The first-order valence-electron chi connectivity index (χ1n) is 8.37. The van der Waals surface area contributed by atoms with E-state index < -0.39 is 0 Å². The summed E-state index contributed by atoms with van der Waals surface area (Å²) in [6, 6.07) is 12.5. The van der Waals surface area contributed by atoms with Crippen LogP contribution in [-0.2, 0) is 6.54 Å². The van der Waals surface area contributed by atoms with Crippen molar-refractivity contribution >= 4 is 29.9 Å². The molecule has 0 aliphatic carbocycles. The van der Waals surface area contributed by atoms with Crippen LogP contribution in [0.5, 0.6) is 0 Å². The summed E-state index contributed by atoms with van der Waals surface area (Å²) in [5.74, 6) is 1.76. The third-order valence-corrected chi connectivity index (χ3v) is 3.84. The number of furan rings is 1. The van der Waals surface area contributed by atoms with Crippen molar-refractivity contribution in [3.63, 3.8) is 0 Å². The van der Waals surface area contributed by atoms with Crippen molar-refractivity contribution in [1.29, 1.82) is 0 Å². The molecule has 0 bridgehead atoms. The largest absolute Gasteiger partial charge is 0.468 e. The van der Waals surface area contributed by atoms with Gasteiger partial charge in [-0.05, 0) is 45.6 Å². The molecule has 0 saturated carbocycles. The van der Waals surface area contributed by atoms with Crippen molar-refractivity contribution < 1.29 is 4.42 Å². The zero-order valence-corrected chi connectivity index (χ0v) is 17.8. The maximum Gasteiger partial charge on any atom is 0.191 e. The van der Waals surface area contributed by atoms with Crippen LogP contribution in [0.1, 0.15) is 29.9 Å². The predicted molar refractivity (Wildman–Crippen MR) is 115 cm³/mol. The van der Waals surface area contributed by atoms with E-state index in [0.717, 1.165) is 24.8 Å². The molecule has 0 fully saturated rings. The first-order valence-corrected chi connectivity index (χ1v) is 8.37. The van der Waals surface area contributed by atoms with Gasteiger partial charge >= 0.3 is 0 Å². The monoisotopic (exact) mass is 456 g/mol. The molecular formula is C19H29IN4O. The van der Waals surface area contributed by atoms with Crippen LogP contribution in [0.4, 0.5) is 0 Å². The molecule has 2 N–H and O–H groups in total. The van der Waals surface area contributed by atoms with Crippen LogP contribution in [0.3, 0.4) is 0 Å². The lowest BCUT2D eigenvalue weighted by atomic mass is 10.1. The minimum Gasteiger partial charge on any atom is -0.468 e. The molecule has 0 amide bonds. The molecule has 0 spiro atoms. The molecule has 1 aromatic carbocycles. The molecule has 6 heteroatoms.